The zero-order chi connectivity index (χ0) is 12.4. The summed E-state index contributed by atoms with van der Waals surface area (Å²) in [6, 6.07) is 11.3. The van der Waals surface area contributed by atoms with Crippen LogP contribution in [-0.2, 0) is 0 Å². The van der Waals surface area contributed by atoms with E-state index < -0.39 is 0 Å². The van der Waals surface area contributed by atoms with Crippen molar-refractivity contribution in [2.24, 2.45) is 4.99 Å². The number of aromatic amines is 1. The monoisotopic (exact) mass is 238 g/mol. The van der Waals surface area contributed by atoms with Gasteiger partial charge in [-0.05, 0) is 42.7 Å². The fourth-order valence-electron chi connectivity index (χ4n) is 2.22. The van der Waals surface area contributed by atoms with E-state index in [1.807, 2.05) is 36.7 Å². The highest BCUT2D eigenvalue weighted by atomic mass is 16.3. The van der Waals surface area contributed by atoms with Crippen LogP contribution in [0.15, 0.2) is 53.3 Å². The molecule has 1 aromatic carbocycles. The maximum atomic E-state index is 9.38. The molecule has 0 saturated heterocycles. The van der Waals surface area contributed by atoms with Crippen molar-refractivity contribution < 1.29 is 5.11 Å². The second kappa shape index (κ2) is 4.53. The molecule has 0 bridgehead atoms. The maximum Gasteiger partial charge on any atom is 0.115 e. The quantitative estimate of drug-likeness (QED) is 0.828. The third-order valence-corrected chi connectivity index (χ3v) is 3.07. The average molecular weight is 238 g/mol. The number of allylic oxidation sites excluding steroid dienone is 1. The summed E-state index contributed by atoms with van der Waals surface area (Å²) in [4.78, 5) is 7.70. The lowest BCUT2D eigenvalue weighted by Crippen LogP contribution is -1.92. The molecule has 1 aliphatic rings. The van der Waals surface area contributed by atoms with Crippen molar-refractivity contribution in [2.75, 3.05) is 0 Å². The van der Waals surface area contributed by atoms with Crippen molar-refractivity contribution in [3.05, 3.63) is 59.5 Å². The van der Waals surface area contributed by atoms with Gasteiger partial charge >= 0.3 is 0 Å². The molecule has 0 radical (unpaired) electrons. The molecule has 0 atom stereocenters. The molecule has 18 heavy (non-hydrogen) atoms. The van der Waals surface area contributed by atoms with E-state index in [1.54, 1.807) is 12.1 Å². The number of phenolic OH excluding ortho intramolecular Hbond substituents is 1. The van der Waals surface area contributed by atoms with Gasteiger partial charge in [-0.1, -0.05) is 12.1 Å². The highest BCUT2D eigenvalue weighted by Gasteiger charge is 2.14. The molecule has 1 aliphatic heterocycles. The number of hydrogen-bond donors (Lipinski definition) is 2. The largest absolute Gasteiger partial charge is 0.508 e. The fourth-order valence-corrected chi connectivity index (χ4v) is 2.22. The molecule has 3 rings (SSSR count). The number of nitrogens with zero attached hydrogens (tertiary/aromatic N) is 1. The third-order valence-electron chi connectivity index (χ3n) is 3.07. The van der Waals surface area contributed by atoms with Gasteiger partial charge in [0.15, 0.2) is 0 Å². The molecular formula is C15H14N2O. The maximum absolute atomic E-state index is 9.38. The number of H-pyrrole nitrogens is 1. The first-order valence-corrected chi connectivity index (χ1v) is 6.03. The van der Waals surface area contributed by atoms with E-state index in [0.717, 1.165) is 35.4 Å². The summed E-state index contributed by atoms with van der Waals surface area (Å²) < 4.78 is 0. The Labute approximate surface area is 106 Å². The van der Waals surface area contributed by atoms with Crippen LogP contribution in [0.5, 0.6) is 5.75 Å². The normalized spacial score (nSPS) is 17.1. The molecule has 0 fully saturated rings. The number of benzene rings is 1. The molecule has 3 nitrogen and oxygen atoms in total. The van der Waals surface area contributed by atoms with Crippen LogP contribution in [0.3, 0.4) is 0 Å². The Kier molecular flexibility index (Phi) is 2.73. The van der Waals surface area contributed by atoms with Crippen LogP contribution in [0, 0.1) is 0 Å². The number of aromatic hydroxyl groups is 1. The Morgan fingerprint density at radius 1 is 1.17 bits per heavy atom. The van der Waals surface area contributed by atoms with Crippen LogP contribution >= 0.6 is 0 Å². The standard InChI is InChI=1S/C15H14N2O/c18-12-7-5-11(6-8-12)15(13-3-1-9-16-13)14-4-2-10-17-14/h1,3,5-10,16,18H,2,4H2/b15-14-. The van der Waals surface area contributed by atoms with Gasteiger partial charge in [-0.2, -0.15) is 0 Å². The molecule has 3 heteroatoms. The Bertz CT molecular complexity index is 592. The van der Waals surface area contributed by atoms with Gasteiger partial charge in [-0.3, -0.25) is 4.99 Å². The first kappa shape index (κ1) is 10.8. The van der Waals surface area contributed by atoms with Gasteiger partial charge in [0.25, 0.3) is 0 Å². The highest BCUT2D eigenvalue weighted by molar-refractivity contribution is 5.83. The smallest absolute Gasteiger partial charge is 0.115 e. The van der Waals surface area contributed by atoms with Crippen LogP contribution in [0.25, 0.3) is 5.57 Å². The van der Waals surface area contributed by atoms with E-state index in [0.29, 0.717) is 0 Å². The SMILES string of the molecule is Oc1ccc(/C(=C2\CCC=N2)c2ccc[nH]2)cc1. The number of phenols is 1. The van der Waals surface area contributed by atoms with E-state index in [4.69, 9.17) is 0 Å². The van der Waals surface area contributed by atoms with Gasteiger partial charge in [0, 0.05) is 23.7 Å². The minimum Gasteiger partial charge on any atom is -0.508 e. The average Bonchev–Trinajstić information content (AvgIpc) is 3.06. The lowest BCUT2D eigenvalue weighted by Gasteiger charge is -2.09. The highest BCUT2D eigenvalue weighted by Crippen LogP contribution is 2.31. The van der Waals surface area contributed by atoms with Crippen molar-refractivity contribution in [3.8, 4) is 5.75 Å². The van der Waals surface area contributed by atoms with Crippen molar-refractivity contribution in [3.63, 3.8) is 0 Å². The molecule has 2 aromatic rings. The second-order valence-corrected chi connectivity index (χ2v) is 4.30. The predicted molar refractivity (Wildman–Crippen MR) is 72.6 cm³/mol. The molecule has 0 spiro atoms. The van der Waals surface area contributed by atoms with Crippen molar-refractivity contribution in [1.29, 1.82) is 0 Å². The van der Waals surface area contributed by atoms with Crippen LogP contribution in [-0.4, -0.2) is 16.3 Å². The van der Waals surface area contributed by atoms with E-state index in [2.05, 4.69) is 9.98 Å². The Morgan fingerprint density at radius 3 is 2.61 bits per heavy atom. The summed E-state index contributed by atoms with van der Waals surface area (Å²) >= 11 is 0. The summed E-state index contributed by atoms with van der Waals surface area (Å²) in [6.45, 7) is 0. The predicted octanol–water partition coefficient (Wildman–Crippen LogP) is 3.34. The lowest BCUT2D eigenvalue weighted by atomic mass is 9.99. The molecule has 0 amide bonds. The topological polar surface area (TPSA) is 48.4 Å². The first-order chi connectivity index (χ1) is 8.84. The Hall–Kier alpha value is -2.29. The lowest BCUT2D eigenvalue weighted by molar-refractivity contribution is 0.475. The van der Waals surface area contributed by atoms with E-state index in [9.17, 15) is 5.11 Å². The summed E-state index contributed by atoms with van der Waals surface area (Å²) in [5.74, 6) is 0.282. The minimum absolute atomic E-state index is 0.282. The van der Waals surface area contributed by atoms with Crippen molar-refractivity contribution in [1.82, 2.24) is 4.98 Å². The first-order valence-electron chi connectivity index (χ1n) is 6.03. The van der Waals surface area contributed by atoms with Gasteiger partial charge in [0.1, 0.15) is 5.75 Å². The molecule has 1 aromatic heterocycles. The molecular weight excluding hydrogens is 224 g/mol. The third kappa shape index (κ3) is 1.95. The van der Waals surface area contributed by atoms with E-state index >= 15 is 0 Å². The van der Waals surface area contributed by atoms with Crippen LogP contribution in [0.4, 0.5) is 0 Å². The van der Waals surface area contributed by atoms with E-state index in [-0.39, 0.29) is 5.75 Å². The number of aliphatic imine (C=N–C) groups is 1. The van der Waals surface area contributed by atoms with Crippen LogP contribution in [0.2, 0.25) is 0 Å². The van der Waals surface area contributed by atoms with E-state index in [1.165, 1.54) is 0 Å². The van der Waals surface area contributed by atoms with Crippen molar-refractivity contribution >= 4 is 11.8 Å². The number of nitrogens with one attached hydrogen (secondary N) is 1. The minimum atomic E-state index is 0.282. The van der Waals surface area contributed by atoms with Gasteiger partial charge in [-0.15, -0.1) is 0 Å². The van der Waals surface area contributed by atoms with Crippen molar-refractivity contribution in [2.45, 2.75) is 12.8 Å². The molecule has 0 saturated carbocycles. The summed E-state index contributed by atoms with van der Waals surface area (Å²) in [5, 5.41) is 9.38. The van der Waals surface area contributed by atoms with Gasteiger partial charge in [-0.25, -0.2) is 0 Å². The molecule has 2 N–H and O–H groups in total. The molecule has 0 unspecified atom stereocenters. The molecule has 0 aliphatic carbocycles. The van der Waals surface area contributed by atoms with Gasteiger partial charge in [0.05, 0.1) is 5.70 Å². The number of hydrogen-bond acceptors (Lipinski definition) is 2. The molecule has 90 valence electrons. The van der Waals surface area contributed by atoms with Gasteiger partial charge in [0.2, 0.25) is 0 Å². The number of aromatic nitrogens is 1. The Balaban J connectivity index is 2.14. The summed E-state index contributed by atoms with van der Waals surface area (Å²) in [7, 11) is 0. The zero-order valence-corrected chi connectivity index (χ0v) is 9.93. The van der Waals surface area contributed by atoms with Crippen LogP contribution < -0.4 is 0 Å². The zero-order valence-electron chi connectivity index (χ0n) is 9.93. The van der Waals surface area contributed by atoms with Gasteiger partial charge < -0.3 is 10.1 Å². The molecule has 2 heterocycles. The van der Waals surface area contributed by atoms with Crippen LogP contribution in [0.1, 0.15) is 24.1 Å². The summed E-state index contributed by atoms with van der Waals surface area (Å²) in [6.07, 6.45) is 5.83. The number of rotatable bonds is 2. The fraction of sp³-hybridized carbons (Fsp3) is 0.133. The summed E-state index contributed by atoms with van der Waals surface area (Å²) in [5.41, 5.74) is 4.36. The second-order valence-electron chi connectivity index (χ2n) is 4.30. The Morgan fingerprint density at radius 2 is 2.00 bits per heavy atom.